The Bertz CT molecular complexity index is 423. The Kier molecular flexibility index (Phi) is 6.38. The Morgan fingerprint density at radius 2 is 1.95 bits per heavy atom. The molecule has 0 spiro atoms. The summed E-state index contributed by atoms with van der Waals surface area (Å²) in [5.41, 5.74) is -0.900. The summed E-state index contributed by atoms with van der Waals surface area (Å²) in [5.74, 6) is -1.27. The van der Waals surface area contributed by atoms with E-state index in [1.165, 1.54) is 20.3 Å². The summed E-state index contributed by atoms with van der Waals surface area (Å²) >= 11 is 0. The first-order chi connectivity index (χ1) is 9.38. The van der Waals surface area contributed by atoms with Gasteiger partial charge in [0.25, 0.3) is 0 Å². The van der Waals surface area contributed by atoms with Crippen LogP contribution >= 0.6 is 0 Å². The quantitative estimate of drug-likeness (QED) is 0.784. The molecule has 0 aliphatic rings. The van der Waals surface area contributed by atoms with E-state index in [4.69, 9.17) is 9.47 Å². The van der Waals surface area contributed by atoms with Gasteiger partial charge >= 0.3 is 6.18 Å². The zero-order valence-corrected chi connectivity index (χ0v) is 11.3. The number of benzene rings is 1. The number of ether oxygens (including phenoxy) is 2. The molecule has 1 rings (SSSR count). The van der Waals surface area contributed by atoms with Crippen molar-refractivity contribution in [1.29, 1.82) is 0 Å². The van der Waals surface area contributed by atoms with Crippen molar-refractivity contribution < 1.29 is 27.0 Å². The van der Waals surface area contributed by atoms with Gasteiger partial charge in [0.15, 0.2) is 0 Å². The number of alkyl halides is 3. The van der Waals surface area contributed by atoms with E-state index in [1.807, 2.05) is 0 Å². The van der Waals surface area contributed by atoms with Gasteiger partial charge in [0.05, 0.1) is 18.3 Å². The highest BCUT2D eigenvalue weighted by Gasteiger charge is 2.34. The first kappa shape index (κ1) is 16.9. The Morgan fingerprint density at radius 1 is 1.25 bits per heavy atom. The van der Waals surface area contributed by atoms with Crippen molar-refractivity contribution in [3.05, 3.63) is 35.1 Å². The van der Waals surface area contributed by atoms with Gasteiger partial charge in [0.2, 0.25) is 0 Å². The Hall–Kier alpha value is -1.18. The molecule has 3 nitrogen and oxygen atoms in total. The first-order valence-electron chi connectivity index (χ1n) is 5.96. The topological polar surface area (TPSA) is 30.5 Å². The van der Waals surface area contributed by atoms with Gasteiger partial charge in [0.1, 0.15) is 5.82 Å². The summed E-state index contributed by atoms with van der Waals surface area (Å²) < 4.78 is 60.7. The second-order valence-electron chi connectivity index (χ2n) is 4.26. The van der Waals surface area contributed by atoms with Gasteiger partial charge in [-0.2, -0.15) is 13.2 Å². The summed E-state index contributed by atoms with van der Waals surface area (Å²) in [5, 5.41) is 2.94. The van der Waals surface area contributed by atoms with Crippen molar-refractivity contribution in [3.63, 3.8) is 0 Å². The van der Waals surface area contributed by atoms with Gasteiger partial charge in [-0.05, 0) is 17.7 Å². The zero-order chi connectivity index (χ0) is 15.2. The van der Waals surface area contributed by atoms with Gasteiger partial charge in [-0.15, -0.1) is 0 Å². The molecule has 0 aromatic heterocycles. The molecule has 1 N–H and O–H groups in total. The number of methoxy groups -OCH3 is 2. The van der Waals surface area contributed by atoms with Crippen LogP contribution in [-0.2, 0) is 22.2 Å². The van der Waals surface area contributed by atoms with Crippen molar-refractivity contribution in [2.75, 3.05) is 27.4 Å². The van der Waals surface area contributed by atoms with Gasteiger partial charge in [-0.25, -0.2) is 4.39 Å². The molecule has 114 valence electrons. The SMILES string of the molecule is COCC(CNCc1ccc(F)c(C(F)(F)F)c1)OC. The molecule has 0 aliphatic carbocycles. The highest BCUT2D eigenvalue weighted by molar-refractivity contribution is 5.27. The van der Waals surface area contributed by atoms with E-state index in [-0.39, 0.29) is 12.6 Å². The monoisotopic (exact) mass is 295 g/mol. The molecule has 0 radical (unpaired) electrons. The first-order valence-corrected chi connectivity index (χ1v) is 5.96. The zero-order valence-electron chi connectivity index (χ0n) is 11.3. The molecule has 0 saturated carbocycles. The van der Waals surface area contributed by atoms with Crippen LogP contribution in [-0.4, -0.2) is 33.5 Å². The molecule has 1 aromatic carbocycles. The standard InChI is InChI=1S/C13H17F4NO2/c1-19-8-10(20-2)7-18-6-9-3-4-12(14)11(5-9)13(15,16)17/h3-5,10,18H,6-8H2,1-2H3. The van der Waals surface area contributed by atoms with Gasteiger partial charge in [-0.1, -0.05) is 6.07 Å². The third kappa shape index (κ3) is 5.07. The van der Waals surface area contributed by atoms with Crippen LogP contribution in [0.3, 0.4) is 0 Å². The van der Waals surface area contributed by atoms with E-state index in [1.54, 1.807) is 0 Å². The van der Waals surface area contributed by atoms with E-state index in [9.17, 15) is 17.6 Å². The molecule has 0 saturated heterocycles. The molecule has 0 aliphatic heterocycles. The van der Waals surface area contributed by atoms with Crippen LogP contribution in [0.25, 0.3) is 0 Å². The van der Waals surface area contributed by atoms with Crippen LogP contribution < -0.4 is 5.32 Å². The van der Waals surface area contributed by atoms with Crippen LogP contribution in [0.5, 0.6) is 0 Å². The molecule has 1 atom stereocenters. The highest BCUT2D eigenvalue weighted by atomic mass is 19.4. The third-order valence-corrected chi connectivity index (χ3v) is 2.72. The van der Waals surface area contributed by atoms with Gasteiger partial charge in [0, 0.05) is 27.3 Å². The lowest BCUT2D eigenvalue weighted by molar-refractivity contribution is -0.140. The minimum absolute atomic E-state index is 0.187. The molecule has 0 fully saturated rings. The molecule has 1 aromatic rings. The second-order valence-corrected chi connectivity index (χ2v) is 4.26. The lowest BCUT2D eigenvalue weighted by Gasteiger charge is -2.15. The summed E-state index contributed by atoms with van der Waals surface area (Å²) in [6, 6.07) is 2.94. The van der Waals surface area contributed by atoms with Crippen LogP contribution in [0, 0.1) is 5.82 Å². The summed E-state index contributed by atoms with van der Waals surface area (Å²) in [6.07, 6.45) is -4.88. The van der Waals surface area contributed by atoms with E-state index >= 15 is 0 Å². The number of hydrogen-bond donors (Lipinski definition) is 1. The second kappa shape index (κ2) is 7.56. The van der Waals surface area contributed by atoms with Crippen LogP contribution in [0.2, 0.25) is 0 Å². The Labute approximate surface area is 114 Å². The molecule has 7 heteroatoms. The van der Waals surface area contributed by atoms with Gasteiger partial charge < -0.3 is 14.8 Å². The lowest BCUT2D eigenvalue weighted by Crippen LogP contribution is -2.31. The van der Waals surface area contributed by atoms with Crippen LogP contribution in [0.4, 0.5) is 17.6 Å². The number of nitrogens with one attached hydrogen (secondary N) is 1. The van der Waals surface area contributed by atoms with E-state index in [0.717, 1.165) is 12.1 Å². The largest absolute Gasteiger partial charge is 0.419 e. The minimum Gasteiger partial charge on any atom is -0.382 e. The van der Waals surface area contributed by atoms with E-state index in [0.29, 0.717) is 18.7 Å². The van der Waals surface area contributed by atoms with Crippen molar-refractivity contribution in [1.82, 2.24) is 5.32 Å². The van der Waals surface area contributed by atoms with Crippen molar-refractivity contribution in [2.45, 2.75) is 18.8 Å². The molecule has 1 unspecified atom stereocenters. The fourth-order valence-electron chi connectivity index (χ4n) is 1.67. The summed E-state index contributed by atoms with van der Waals surface area (Å²) in [6.45, 7) is 0.983. The molecule has 0 amide bonds. The maximum atomic E-state index is 13.1. The molecule has 20 heavy (non-hydrogen) atoms. The summed E-state index contributed by atoms with van der Waals surface area (Å²) in [4.78, 5) is 0. The molecule has 0 heterocycles. The highest BCUT2D eigenvalue weighted by Crippen LogP contribution is 2.31. The smallest absolute Gasteiger partial charge is 0.382 e. The maximum Gasteiger partial charge on any atom is 0.419 e. The molecular weight excluding hydrogens is 278 g/mol. The van der Waals surface area contributed by atoms with E-state index in [2.05, 4.69) is 5.32 Å². The van der Waals surface area contributed by atoms with Crippen molar-refractivity contribution >= 4 is 0 Å². The fourth-order valence-corrected chi connectivity index (χ4v) is 1.67. The van der Waals surface area contributed by atoms with Crippen molar-refractivity contribution in [3.8, 4) is 0 Å². The molecule has 0 bridgehead atoms. The normalized spacial score (nSPS) is 13.5. The average molecular weight is 295 g/mol. The lowest BCUT2D eigenvalue weighted by atomic mass is 10.1. The molecular formula is C13H17F4NO2. The third-order valence-electron chi connectivity index (χ3n) is 2.72. The number of rotatable bonds is 7. The van der Waals surface area contributed by atoms with Gasteiger partial charge in [-0.3, -0.25) is 0 Å². The van der Waals surface area contributed by atoms with E-state index < -0.39 is 17.6 Å². The fraction of sp³-hybridized carbons (Fsp3) is 0.538. The maximum absolute atomic E-state index is 13.1. The predicted molar refractivity (Wildman–Crippen MR) is 65.8 cm³/mol. The predicted octanol–water partition coefficient (Wildman–Crippen LogP) is 2.60. The minimum atomic E-state index is -4.69. The Morgan fingerprint density at radius 3 is 2.50 bits per heavy atom. The Balaban J connectivity index is 2.61. The summed E-state index contributed by atoms with van der Waals surface area (Å²) in [7, 11) is 3.05. The van der Waals surface area contributed by atoms with Crippen molar-refractivity contribution in [2.24, 2.45) is 0 Å². The number of halogens is 4. The van der Waals surface area contributed by atoms with Crippen LogP contribution in [0.1, 0.15) is 11.1 Å². The average Bonchev–Trinajstić information content (AvgIpc) is 2.38. The van der Waals surface area contributed by atoms with Crippen LogP contribution in [0.15, 0.2) is 18.2 Å². The number of hydrogen-bond acceptors (Lipinski definition) is 3.